The van der Waals surface area contributed by atoms with Crippen molar-refractivity contribution >= 4 is 22.4 Å². The topological polar surface area (TPSA) is 49.3 Å². The summed E-state index contributed by atoms with van der Waals surface area (Å²) in [5, 5.41) is 6.22. The largest absolute Gasteiger partial charge is 0.445 e. The van der Waals surface area contributed by atoms with Gasteiger partial charge < -0.3 is 9.80 Å². The van der Waals surface area contributed by atoms with Crippen LogP contribution in [0, 0.1) is 11.3 Å². The second-order valence-electron chi connectivity index (χ2n) is 6.67. The fraction of sp³-hybridized carbons (Fsp3) is 0.786. The van der Waals surface area contributed by atoms with Gasteiger partial charge in [-0.05, 0) is 24.7 Å². The summed E-state index contributed by atoms with van der Waals surface area (Å²) in [5.74, 6) is 0.429. The van der Waals surface area contributed by atoms with Crippen LogP contribution in [0.5, 0.6) is 0 Å². The monoisotopic (exact) mass is 346 g/mol. The Morgan fingerprint density at radius 2 is 1.87 bits per heavy atom. The van der Waals surface area contributed by atoms with E-state index in [1.807, 2.05) is 4.90 Å². The lowest BCUT2D eigenvalue weighted by molar-refractivity contribution is -0.138. The normalized spacial score (nSPS) is 26.3. The molecule has 0 aromatic carbocycles. The first kappa shape index (κ1) is 15.2. The zero-order valence-corrected chi connectivity index (χ0v) is 13.3. The van der Waals surface area contributed by atoms with Gasteiger partial charge in [0.25, 0.3) is 0 Å². The third-order valence-corrected chi connectivity index (χ3v) is 6.38. The first-order valence-electron chi connectivity index (χ1n) is 7.83. The third-order valence-electron chi connectivity index (χ3n) is 5.36. The van der Waals surface area contributed by atoms with Gasteiger partial charge in [0.1, 0.15) is 0 Å². The SMILES string of the molecule is O=C([C@H]1CC12CCC2)N1CCN(c2nnc(C(F)(F)F)s2)CC1. The number of carbonyl (C=O) groups excluding carboxylic acids is 1. The smallest absolute Gasteiger partial charge is 0.343 e. The van der Waals surface area contributed by atoms with Gasteiger partial charge in [-0.2, -0.15) is 13.2 Å². The highest BCUT2D eigenvalue weighted by Gasteiger charge is 2.61. The zero-order chi connectivity index (χ0) is 16.2. The summed E-state index contributed by atoms with van der Waals surface area (Å²) in [5.41, 5.74) is 0.315. The fourth-order valence-corrected chi connectivity index (χ4v) is 4.44. The van der Waals surface area contributed by atoms with E-state index in [4.69, 9.17) is 0 Å². The average molecular weight is 346 g/mol. The molecule has 1 spiro atoms. The Morgan fingerprint density at radius 3 is 2.35 bits per heavy atom. The molecule has 3 fully saturated rings. The van der Waals surface area contributed by atoms with Gasteiger partial charge in [-0.15, -0.1) is 10.2 Å². The molecule has 2 aliphatic carbocycles. The molecule has 1 saturated heterocycles. The number of aromatic nitrogens is 2. The Labute approximate surface area is 135 Å². The lowest BCUT2D eigenvalue weighted by Gasteiger charge is -2.35. The van der Waals surface area contributed by atoms with Crippen molar-refractivity contribution in [2.24, 2.45) is 11.3 Å². The maximum Gasteiger partial charge on any atom is 0.445 e. The Morgan fingerprint density at radius 1 is 1.17 bits per heavy atom. The van der Waals surface area contributed by atoms with Crippen molar-refractivity contribution in [3.63, 3.8) is 0 Å². The minimum atomic E-state index is -4.45. The number of nitrogens with zero attached hydrogens (tertiary/aromatic N) is 4. The van der Waals surface area contributed by atoms with E-state index in [2.05, 4.69) is 10.2 Å². The number of alkyl halides is 3. The molecule has 0 bridgehead atoms. The predicted molar refractivity (Wildman–Crippen MR) is 78.1 cm³/mol. The van der Waals surface area contributed by atoms with E-state index in [0.717, 1.165) is 6.42 Å². The van der Waals surface area contributed by atoms with E-state index < -0.39 is 11.2 Å². The molecular weight excluding hydrogens is 329 g/mol. The van der Waals surface area contributed by atoms with E-state index in [9.17, 15) is 18.0 Å². The Bertz CT molecular complexity index is 620. The highest BCUT2D eigenvalue weighted by Crippen LogP contribution is 2.65. The molecule has 126 valence electrons. The quantitative estimate of drug-likeness (QED) is 0.825. The molecule has 4 rings (SSSR count). The summed E-state index contributed by atoms with van der Waals surface area (Å²) >= 11 is 0.562. The summed E-state index contributed by atoms with van der Waals surface area (Å²) in [7, 11) is 0. The summed E-state index contributed by atoms with van der Waals surface area (Å²) in [6.45, 7) is 2.12. The van der Waals surface area contributed by atoms with Crippen LogP contribution in [-0.4, -0.2) is 47.2 Å². The Kier molecular flexibility index (Phi) is 3.33. The summed E-state index contributed by atoms with van der Waals surface area (Å²) < 4.78 is 37.7. The van der Waals surface area contributed by atoms with Crippen LogP contribution in [0.4, 0.5) is 18.3 Å². The second-order valence-corrected chi connectivity index (χ2v) is 7.63. The van der Waals surface area contributed by atoms with Crippen LogP contribution < -0.4 is 4.90 Å². The number of amides is 1. The van der Waals surface area contributed by atoms with E-state index in [0.29, 0.717) is 42.9 Å². The molecule has 5 nitrogen and oxygen atoms in total. The number of hydrogen-bond acceptors (Lipinski definition) is 5. The molecule has 3 aliphatic rings. The van der Waals surface area contributed by atoms with Gasteiger partial charge in [-0.1, -0.05) is 17.8 Å². The van der Waals surface area contributed by atoms with Gasteiger partial charge in [0, 0.05) is 32.1 Å². The molecule has 1 amide bonds. The summed E-state index contributed by atoms with van der Waals surface area (Å²) in [4.78, 5) is 16.1. The van der Waals surface area contributed by atoms with Crippen molar-refractivity contribution in [2.45, 2.75) is 31.9 Å². The predicted octanol–water partition coefficient (Wildman–Crippen LogP) is 2.40. The number of carbonyl (C=O) groups is 1. The Balaban J connectivity index is 1.34. The fourth-order valence-electron chi connectivity index (χ4n) is 3.68. The number of hydrogen-bond donors (Lipinski definition) is 0. The highest BCUT2D eigenvalue weighted by atomic mass is 32.1. The highest BCUT2D eigenvalue weighted by molar-refractivity contribution is 7.15. The minimum absolute atomic E-state index is 0.196. The van der Waals surface area contributed by atoms with E-state index in [1.54, 1.807) is 4.90 Å². The van der Waals surface area contributed by atoms with Crippen LogP contribution in [0.25, 0.3) is 0 Å². The molecule has 0 radical (unpaired) electrons. The standard InChI is InChI=1S/C14H17F3N4OS/c15-14(16,17)11-18-19-12(23-11)21-6-4-20(5-7-21)10(22)9-8-13(9)2-1-3-13/h9H,1-8H2/t9-/m1/s1. The van der Waals surface area contributed by atoms with Crippen molar-refractivity contribution in [2.75, 3.05) is 31.1 Å². The van der Waals surface area contributed by atoms with Crippen LogP contribution in [-0.2, 0) is 11.0 Å². The van der Waals surface area contributed by atoms with Crippen molar-refractivity contribution in [1.29, 1.82) is 0 Å². The van der Waals surface area contributed by atoms with Gasteiger partial charge in [-0.3, -0.25) is 4.79 Å². The second kappa shape index (κ2) is 5.06. The Hall–Kier alpha value is -1.38. The van der Waals surface area contributed by atoms with Crippen LogP contribution >= 0.6 is 11.3 Å². The van der Waals surface area contributed by atoms with Gasteiger partial charge in [0.2, 0.25) is 16.0 Å². The third kappa shape index (κ3) is 2.58. The molecule has 9 heteroatoms. The van der Waals surface area contributed by atoms with Crippen molar-refractivity contribution < 1.29 is 18.0 Å². The molecular formula is C14H17F3N4OS. The molecule has 2 saturated carbocycles. The molecule has 1 aromatic heterocycles. The van der Waals surface area contributed by atoms with Crippen molar-refractivity contribution in [1.82, 2.24) is 15.1 Å². The molecule has 1 atom stereocenters. The van der Waals surface area contributed by atoms with Gasteiger partial charge in [0.15, 0.2) is 0 Å². The summed E-state index contributed by atoms with van der Waals surface area (Å²) in [6.07, 6.45) is 0.160. The number of piperazine rings is 1. The van der Waals surface area contributed by atoms with Crippen LogP contribution in [0.3, 0.4) is 0 Å². The molecule has 1 aromatic rings. The van der Waals surface area contributed by atoms with Crippen LogP contribution in [0.1, 0.15) is 30.7 Å². The van der Waals surface area contributed by atoms with Gasteiger partial charge >= 0.3 is 6.18 Å². The minimum Gasteiger partial charge on any atom is -0.343 e. The molecule has 23 heavy (non-hydrogen) atoms. The lowest BCUT2D eigenvalue weighted by atomic mass is 9.79. The first-order valence-corrected chi connectivity index (χ1v) is 8.65. The maximum atomic E-state index is 12.6. The van der Waals surface area contributed by atoms with Crippen molar-refractivity contribution in [3.05, 3.63) is 5.01 Å². The molecule has 1 aliphatic heterocycles. The van der Waals surface area contributed by atoms with Crippen LogP contribution in [0.15, 0.2) is 0 Å². The van der Waals surface area contributed by atoms with Crippen molar-refractivity contribution in [3.8, 4) is 0 Å². The number of halogens is 3. The zero-order valence-electron chi connectivity index (χ0n) is 12.5. The van der Waals surface area contributed by atoms with Gasteiger partial charge in [0.05, 0.1) is 0 Å². The van der Waals surface area contributed by atoms with Crippen LogP contribution in [0.2, 0.25) is 0 Å². The van der Waals surface area contributed by atoms with E-state index in [-0.39, 0.29) is 17.0 Å². The van der Waals surface area contributed by atoms with E-state index in [1.165, 1.54) is 19.3 Å². The summed E-state index contributed by atoms with van der Waals surface area (Å²) in [6, 6.07) is 0. The molecule has 0 N–H and O–H groups in total. The number of rotatable bonds is 2. The lowest BCUT2D eigenvalue weighted by Crippen LogP contribution is -2.49. The number of anilines is 1. The average Bonchev–Trinajstić information content (AvgIpc) is 3.06. The first-order chi connectivity index (χ1) is 10.9. The molecule has 0 unspecified atom stereocenters. The molecule has 2 heterocycles. The maximum absolute atomic E-state index is 12.6. The van der Waals surface area contributed by atoms with Gasteiger partial charge in [-0.25, -0.2) is 0 Å². The van der Waals surface area contributed by atoms with E-state index >= 15 is 0 Å².